The van der Waals surface area contributed by atoms with Gasteiger partial charge in [0.15, 0.2) is 0 Å². The number of aromatic nitrogens is 2. The maximum atomic E-state index is 13.0. The number of hydrogen-bond donors (Lipinski definition) is 1. The lowest BCUT2D eigenvalue weighted by molar-refractivity contribution is -0.134. The molecule has 152 valence electrons. The highest BCUT2D eigenvalue weighted by atomic mass is 35.5. The minimum atomic E-state index is -0.110. The van der Waals surface area contributed by atoms with Crippen molar-refractivity contribution in [1.29, 1.82) is 0 Å². The predicted molar refractivity (Wildman–Crippen MR) is 117 cm³/mol. The molecule has 8 heteroatoms. The van der Waals surface area contributed by atoms with E-state index < -0.39 is 0 Å². The number of fused-ring (bicyclic) bond motifs is 1. The fourth-order valence-electron chi connectivity index (χ4n) is 3.70. The Morgan fingerprint density at radius 1 is 1.21 bits per heavy atom. The lowest BCUT2D eigenvalue weighted by atomic mass is 10.0. The third-order valence-electron chi connectivity index (χ3n) is 5.10. The summed E-state index contributed by atoms with van der Waals surface area (Å²) < 4.78 is 1.73. The van der Waals surface area contributed by atoms with E-state index in [2.05, 4.69) is 10.4 Å². The predicted octanol–water partition coefficient (Wildman–Crippen LogP) is 3.03. The molecule has 1 aliphatic rings. The van der Waals surface area contributed by atoms with Crippen molar-refractivity contribution >= 4 is 40.8 Å². The normalized spacial score (nSPS) is 16.4. The quantitative estimate of drug-likeness (QED) is 0.687. The number of rotatable bonds is 4. The van der Waals surface area contributed by atoms with Gasteiger partial charge < -0.3 is 10.2 Å². The van der Waals surface area contributed by atoms with Gasteiger partial charge in [0.25, 0.3) is 0 Å². The van der Waals surface area contributed by atoms with Gasteiger partial charge in [-0.1, -0.05) is 35.9 Å². The highest BCUT2D eigenvalue weighted by Gasteiger charge is 2.27. The Morgan fingerprint density at radius 2 is 2.03 bits per heavy atom. The second-order valence-electron chi connectivity index (χ2n) is 6.86. The molecular formula is C21H22Cl2N4O2. The molecule has 2 aromatic carbocycles. The van der Waals surface area contributed by atoms with Gasteiger partial charge in [0, 0.05) is 36.5 Å². The summed E-state index contributed by atoms with van der Waals surface area (Å²) in [4.78, 5) is 26.9. The van der Waals surface area contributed by atoms with Gasteiger partial charge >= 0.3 is 0 Å². The van der Waals surface area contributed by atoms with Gasteiger partial charge in [0.05, 0.1) is 24.3 Å². The molecule has 1 unspecified atom stereocenters. The number of hydrogen-bond acceptors (Lipinski definition) is 4. The van der Waals surface area contributed by atoms with Crippen LogP contribution in [-0.4, -0.2) is 40.2 Å². The maximum absolute atomic E-state index is 13.0. The van der Waals surface area contributed by atoms with Crippen LogP contribution < -0.4 is 10.7 Å². The topological polar surface area (TPSA) is 67.2 Å². The van der Waals surface area contributed by atoms with Crippen LogP contribution in [0.2, 0.25) is 5.02 Å². The molecule has 1 atom stereocenters. The Labute approximate surface area is 179 Å². The first-order valence-electron chi connectivity index (χ1n) is 9.34. The van der Waals surface area contributed by atoms with Crippen molar-refractivity contribution in [3.05, 3.63) is 75.5 Å². The van der Waals surface area contributed by atoms with Crippen LogP contribution in [0.25, 0.3) is 10.9 Å². The van der Waals surface area contributed by atoms with E-state index in [1.807, 2.05) is 47.4 Å². The first-order valence-corrected chi connectivity index (χ1v) is 9.72. The Morgan fingerprint density at radius 3 is 2.86 bits per heavy atom. The molecule has 1 aromatic heterocycles. The van der Waals surface area contributed by atoms with Crippen molar-refractivity contribution in [2.75, 3.05) is 19.6 Å². The summed E-state index contributed by atoms with van der Waals surface area (Å²) in [6.45, 7) is 2.54. The van der Waals surface area contributed by atoms with Crippen LogP contribution in [0, 0.1) is 0 Å². The zero-order valence-corrected chi connectivity index (χ0v) is 17.3. The Bertz CT molecular complexity index is 1070. The molecule has 4 rings (SSSR count). The van der Waals surface area contributed by atoms with Crippen LogP contribution in [-0.2, 0) is 11.3 Å². The molecular weight excluding hydrogens is 411 g/mol. The van der Waals surface area contributed by atoms with Gasteiger partial charge in [-0.2, -0.15) is 5.10 Å². The summed E-state index contributed by atoms with van der Waals surface area (Å²) >= 11 is 6.14. The van der Waals surface area contributed by atoms with Crippen LogP contribution in [0.15, 0.2) is 59.5 Å². The molecule has 6 nitrogen and oxygen atoms in total. The van der Waals surface area contributed by atoms with Crippen LogP contribution in [0.3, 0.4) is 0 Å². The van der Waals surface area contributed by atoms with Crippen LogP contribution >= 0.6 is 24.0 Å². The second-order valence-corrected chi connectivity index (χ2v) is 7.30. The van der Waals surface area contributed by atoms with Gasteiger partial charge in [-0.25, -0.2) is 0 Å². The van der Waals surface area contributed by atoms with Crippen molar-refractivity contribution in [1.82, 2.24) is 20.0 Å². The van der Waals surface area contributed by atoms with E-state index in [0.29, 0.717) is 36.5 Å². The molecule has 3 aromatic rings. The average Bonchev–Trinajstić information content (AvgIpc) is 2.73. The number of piperazine rings is 1. The summed E-state index contributed by atoms with van der Waals surface area (Å²) in [5, 5.41) is 8.85. The Kier molecular flexibility index (Phi) is 6.90. The lowest BCUT2D eigenvalue weighted by Gasteiger charge is -2.36. The minimum Gasteiger partial charge on any atom is -0.333 e. The highest BCUT2D eigenvalue weighted by molar-refractivity contribution is 6.30. The maximum Gasteiger partial charge on any atom is 0.225 e. The van der Waals surface area contributed by atoms with E-state index in [0.717, 1.165) is 17.6 Å². The minimum absolute atomic E-state index is 0. The molecule has 29 heavy (non-hydrogen) atoms. The molecule has 0 bridgehead atoms. The zero-order valence-electron chi connectivity index (χ0n) is 15.8. The summed E-state index contributed by atoms with van der Waals surface area (Å²) in [6.07, 6.45) is 1.63. The van der Waals surface area contributed by atoms with Crippen molar-refractivity contribution < 1.29 is 4.79 Å². The van der Waals surface area contributed by atoms with Gasteiger partial charge in [-0.3, -0.25) is 14.3 Å². The molecule has 1 N–H and O–H groups in total. The average molecular weight is 433 g/mol. The first-order chi connectivity index (χ1) is 13.6. The van der Waals surface area contributed by atoms with E-state index in [1.54, 1.807) is 10.7 Å². The molecule has 1 aliphatic heterocycles. The number of nitrogens with one attached hydrogen (secondary N) is 1. The zero-order chi connectivity index (χ0) is 19.5. The SMILES string of the molecule is Cl.O=C(CCn1ncc(=O)c2ccccc21)N1CCNCC1c1cccc(Cl)c1. The third kappa shape index (κ3) is 4.61. The monoisotopic (exact) mass is 432 g/mol. The number of nitrogens with zero attached hydrogens (tertiary/aromatic N) is 3. The van der Waals surface area contributed by atoms with Gasteiger partial charge in [0.1, 0.15) is 0 Å². The van der Waals surface area contributed by atoms with Gasteiger partial charge in [-0.05, 0) is 29.8 Å². The van der Waals surface area contributed by atoms with E-state index in [4.69, 9.17) is 11.6 Å². The standard InChI is InChI=1S/C21H21ClN4O2.ClH/c22-16-5-3-4-15(12-16)19-13-23-9-11-25(19)21(28)8-10-26-18-7-2-1-6-17(18)20(27)14-24-26;/h1-7,12,14,19,23H,8-11,13H2;1H. The number of para-hydroxylation sites is 1. The highest BCUT2D eigenvalue weighted by Crippen LogP contribution is 2.25. The Hall–Kier alpha value is -2.41. The van der Waals surface area contributed by atoms with E-state index >= 15 is 0 Å². The molecule has 1 saturated heterocycles. The van der Waals surface area contributed by atoms with Crippen molar-refractivity contribution in [3.8, 4) is 0 Å². The van der Waals surface area contributed by atoms with E-state index in [-0.39, 0.29) is 29.8 Å². The molecule has 1 amide bonds. The summed E-state index contributed by atoms with van der Waals surface area (Å²) in [6, 6.07) is 14.9. The van der Waals surface area contributed by atoms with Gasteiger partial charge in [-0.15, -0.1) is 12.4 Å². The molecule has 2 heterocycles. The van der Waals surface area contributed by atoms with Gasteiger partial charge in [0.2, 0.25) is 11.3 Å². The van der Waals surface area contributed by atoms with Crippen LogP contribution in [0.1, 0.15) is 18.0 Å². The van der Waals surface area contributed by atoms with Crippen molar-refractivity contribution in [2.45, 2.75) is 19.0 Å². The van der Waals surface area contributed by atoms with Crippen molar-refractivity contribution in [2.24, 2.45) is 0 Å². The third-order valence-corrected chi connectivity index (χ3v) is 5.33. The molecule has 0 saturated carbocycles. The fraction of sp³-hybridized carbons (Fsp3) is 0.286. The number of carbonyl (C=O) groups is 1. The summed E-state index contributed by atoms with van der Waals surface area (Å²) in [5.41, 5.74) is 1.66. The molecule has 0 aliphatic carbocycles. The number of aryl methyl sites for hydroxylation is 1. The van der Waals surface area contributed by atoms with Crippen LogP contribution in [0.5, 0.6) is 0 Å². The summed E-state index contributed by atoms with van der Waals surface area (Å²) in [7, 11) is 0. The smallest absolute Gasteiger partial charge is 0.225 e. The number of carbonyl (C=O) groups excluding carboxylic acids is 1. The van der Waals surface area contributed by atoms with E-state index in [1.165, 1.54) is 6.20 Å². The Balaban J connectivity index is 0.00000240. The second kappa shape index (κ2) is 9.39. The number of benzene rings is 2. The number of amides is 1. The molecule has 0 spiro atoms. The van der Waals surface area contributed by atoms with Crippen LogP contribution in [0.4, 0.5) is 0 Å². The largest absolute Gasteiger partial charge is 0.333 e. The van der Waals surface area contributed by atoms with Crippen molar-refractivity contribution in [3.63, 3.8) is 0 Å². The fourth-order valence-corrected chi connectivity index (χ4v) is 3.90. The number of halogens is 2. The lowest BCUT2D eigenvalue weighted by Crippen LogP contribution is -2.48. The molecule has 0 radical (unpaired) electrons. The molecule has 1 fully saturated rings. The first kappa shape index (κ1) is 21.3. The summed E-state index contributed by atoms with van der Waals surface area (Å²) in [5.74, 6) is 0.0658. The van der Waals surface area contributed by atoms with E-state index in [9.17, 15) is 9.59 Å².